The topological polar surface area (TPSA) is 47.9 Å². The minimum Gasteiger partial charge on any atom is -0.331 e. The Morgan fingerprint density at radius 1 is 1.34 bits per heavy atom. The maximum Gasteiger partial charge on any atom is 0.426 e. The highest BCUT2D eigenvalue weighted by atomic mass is 35.5. The normalized spacial score (nSPS) is 17.5. The first kappa shape index (κ1) is 23.8. The van der Waals surface area contributed by atoms with Crippen LogP contribution in [0.1, 0.15) is 36.9 Å². The summed E-state index contributed by atoms with van der Waals surface area (Å²) in [5, 5.41) is 3.24. The molecule has 0 spiro atoms. The van der Waals surface area contributed by atoms with Crippen molar-refractivity contribution in [3.05, 3.63) is 33.3 Å². The maximum atomic E-state index is 12.6. The fraction of sp³-hybridized carbons (Fsp3) is 0.579. The Kier molecular flexibility index (Phi) is 8.19. The standard InChI is InChI=1S/C19H25Cl2F3N4O/c1-12(26-18(29)28(3)14-6-8-27(2)9-7-14)15-5-4-13(16(20)17(15)21)10-25-11-19(22,23)24/h4-5,11-12,14H,6-10H2,1-3H3,(H,26,29). The van der Waals surface area contributed by atoms with Crippen LogP contribution in [0, 0.1) is 0 Å². The van der Waals surface area contributed by atoms with Gasteiger partial charge in [0.1, 0.15) is 6.21 Å². The van der Waals surface area contributed by atoms with E-state index in [0.29, 0.717) is 11.1 Å². The van der Waals surface area contributed by atoms with E-state index < -0.39 is 12.2 Å². The summed E-state index contributed by atoms with van der Waals surface area (Å²) in [7, 11) is 3.83. The summed E-state index contributed by atoms with van der Waals surface area (Å²) < 4.78 is 36.6. The predicted molar refractivity (Wildman–Crippen MR) is 110 cm³/mol. The van der Waals surface area contributed by atoms with Crippen LogP contribution < -0.4 is 5.32 Å². The van der Waals surface area contributed by atoms with Crippen LogP contribution in [0.4, 0.5) is 18.0 Å². The maximum absolute atomic E-state index is 12.6. The van der Waals surface area contributed by atoms with E-state index in [1.165, 1.54) is 0 Å². The highest BCUT2D eigenvalue weighted by molar-refractivity contribution is 6.43. The number of carbonyl (C=O) groups is 1. The van der Waals surface area contributed by atoms with Crippen LogP contribution in [0.25, 0.3) is 0 Å². The number of halogens is 5. The van der Waals surface area contributed by atoms with Gasteiger partial charge in [-0.3, -0.25) is 4.99 Å². The van der Waals surface area contributed by atoms with Gasteiger partial charge < -0.3 is 15.1 Å². The van der Waals surface area contributed by atoms with Crippen molar-refractivity contribution in [2.24, 2.45) is 4.99 Å². The number of benzene rings is 1. The Hall–Kier alpha value is -1.51. The summed E-state index contributed by atoms with van der Waals surface area (Å²) in [5.74, 6) is 0. The van der Waals surface area contributed by atoms with E-state index in [4.69, 9.17) is 23.2 Å². The molecule has 0 aromatic heterocycles. The Labute approximate surface area is 178 Å². The summed E-state index contributed by atoms with van der Waals surface area (Å²) in [6.45, 7) is 3.42. The number of nitrogens with one attached hydrogen (secondary N) is 1. The molecule has 0 aliphatic carbocycles. The number of aliphatic imine (C=N–C) groups is 1. The number of urea groups is 1. The minimum absolute atomic E-state index is 0.0765. The number of rotatable bonds is 5. The molecule has 0 bridgehead atoms. The number of piperidine rings is 1. The lowest BCUT2D eigenvalue weighted by Crippen LogP contribution is -2.48. The van der Waals surface area contributed by atoms with Gasteiger partial charge in [0.2, 0.25) is 0 Å². The summed E-state index contributed by atoms with van der Waals surface area (Å²) in [6.07, 6.45) is -2.73. The number of carbonyl (C=O) groups excluding carboxylic acids is 1. The van der Waals surface area contributed by atoms with E-state index in [-0.39, 0.29) is 34.9 Å². The van der Waals surface area contributed by atoms with Crippen molar-refractivity contribution in [1.29, 1.82) is 0 Å². The molecular weight excluding hydrogens is 428 g/mol. The van der Waals surface area contributed by atoms with E-state index in [0.717, 1.165) is 25.9 Å². The second kappa shape index (κ2) is 10.00. The number of hydrogen-bond acceptors (Lipinski definition) is 3. The van der Waals surface area contributed by atoms with Crippen molar-refractivity contribution in [3.63, 3.8) is 0 Å². The monoisotopic (exact) mass is 452 g/mol. The van der Waals surface area contributed by atoms with Crippen LogP contribution in [0.15, 0.2) is 17.1 Å². The van der Waals surface area contributed by atoms with Crippen molar-refractivity contribution in [2.45, 2.75) is 44.6 Å². The first-order valence-corrected chi connectivity index (χ1v) is 10.0. The van der Waals surface area contributed by atoms with Gasteiger partial charge in [-0.25, -0.2) is 4.79 Å². The Morgan fingerprint density at radius 3 is 2.55 bits per heavy atom. The second-order valence-electron chi connectivity index (χ2n) is 7.27. The lowest BCUT2D eigenvalue weighted by atomic mass is 10.0. The molecule has 1 heterocycles. The smallest absolute Gasteiger partial charge is 0.331 e. The van der Waals surface area contributed by atoms with E-state index >= 15 is 0 Å². The molecule has 29 heavy (non-hydrogen) atoms. The first-order chi connectivity index (χ1) is 13.5. The predicted octanol–water partition coefficient (Wildman–Crippen LogP) is 4.92. The SMILES string of the molecule is CC(NC(=O)N(C)C1CCN(C)CC1)c1ccc(CN=CC(F)(F)F)c(Cl)c1Cl. The van der Waals surface area contributed by atoms with E-state index in [9.17, 15) is 18.0 Å². The van der Waals surface area contributed by atoms with E-state index in [1.807, 2.05) is 0 Å². The summed E-state index contributed by atoms with van der Waals surface area (Å²) in [5.41, 5.74) is 0.966. The Bertz CT molecular complexity index is 750. The minimum atomic E-state index is -4.48. The average molecular weight is 453 g/mol. The van der Waals surface area contributed by atoms with Crippen molar-refractivity contribution in [3.8, 4) is 0 Å². The lowest BCUT2D eigenvalue weighted by Gasteiger charge is -2.35. The second-order valence-corrected chi connectivity index (χ2v) is 8.03. The molecule has 1 atom stereocenters. The zero-order chi connectivity index (χ0) is 21.8. The van der Waals surface area contributed by atoms with Crippen molar-refractivity contribution in [2.75, 3.05) is 27.2 Å². The van der Waals surface area contributed by atoms with Gasteiger partial charge in [-0.2, -0.15) is 13.2 Å². The fourth-order valence-electron chi connectivity index (χ4n) is 3.22. The van der Waals surface area contributed by atoms with Crippen LogP contribution in [0.2, 0.25) is 10.0 Å². The quantitative estimate of drug-likeness (QED) is 0.644. The van der Waals surface area contributed by atoms with Gasteiger partial charge in [-0.1, -0.05) is 35.3 Å². The Balaban J connectivity index is 2.03. The van der Waals surface area contributed by atoms with Gasteiger partial charge in [-0.05, 0) is 51.0 Å². The van der Waals surface area contributed by atoms with Gasteiger partial charge in [0.15, 0.2) is 0 Å². The van der Waals surface area contributed by atoms with Gasteiger partial charge >= 0.3 is 12.2 Å². The molecule has 162 valence electrons. The van der Waals surface area contributed by atoms with Crippen LogP contribution >= 0.6 is 23.2 Å². The summed E-state index contributed by atoms with van der Waals surface area (Å²) >= 11 is 12.5. The number of likely N-dealkylation sites (tertiary alicyclic amines) is 1. The molecule has 0 radical (unpaired) electrons. The molecule has 1 aromatic rings. The molecule has 5 nitrogen and oxygen atoms in total. The molecule has 1 saturated heterocycles. The molecule has 1 aromatic carbocycles. The van der Waals surface area contributed by atoms with Gasteiger partial charge in [-0.15, -0.1) is 0 Å². The largest absolute Gasteiger partial charge is 0.426 e. The number of alkyl halides is 3. The molecule has 10 heteroatoms. The third kappa shape index (κ3) is 6.76. The van der Waals surface area contributed by atoms with E-state index in [2.05, 4.69) is 22.3 Å². The molecule has 1 aliphatic heterocycles. The zero-order valence-corrected chi connectivity index (χ0v) is 18.1. The molecule has 0 saturated carbocycles. The highest BCUT2D eigenvalue weighted by Crippen LogP contribution is 2.33. The average Bonchev–Trinajstić information content (AvgIpc) is 2.64. The van der Waals surface area contributed by atoms with Crippen molar-refractivity contribution in [1.82, 2.24) is 15.1 Å². The van der Waals surface area contributed by atoms with Crippen LogP contribution in [0.3, 0.4) is 0 Å². The molecule has 1 aliphatic rings. The lowest BCUT2D eigenvalue weighted by molar-refractivity contribution is -0.0537. The molecule has 1 fully saturated rings. The number of hydrogen-bond donors (Lipinski definition) is 1. The Morgan fingerprint density at radius 2 is 1.97 bits per heavy atom. The third-order valence-electron chi connectivity index (χ3n) is 5.05. The van der Waals surface area contributed by atoms with Gasteiger partial charge in [0, 0.05) is 13.1 Å². The van der Waals surface area contributed by atoms with Crippen LogP contribution in [-0.4, -0.2) is 61.4 Å². The highest BCUT2D eigenvalue weighted by Gasteiger charge is 2.26. The summed E-state index contributed by atoms with van der Waals surface area (Å²) in [6, 6.07) is 2.76. The summed E-state index contributed by atoms with van der Waals surface area (Å²) in [4.78, 5) is 19.9. The molecular formula is C19H25Cl2F3N4O. The van der Waals surface area contributed by atoms with Crippen LogP contribution in [0.5, 0.6) is 0 Å². The van der Waals surface area contributed by atoms with Gasteiger partial charge in [0.25, 0.3) is 0 Å². The van der Waals surface area contributed by atoms with Gasteiger partial charge in [0.05, 0.1) is 22.6 Å². The molecule has 1 unspecified atom stereocenters. The number of nitrogens with zero attached hydrogens (tertiary/aromatic N) is 3. The molecule has 2 amide bonds. The third-order valence-corrected chi connectivity index (χ3v) is 5.99. The molecule has 1 N–H and O–H groups in total. The first-order valence-electron chi connectivity index (χ1n) is 9.26. The van der Waals surface area contributed by atoms with E-state index in [1.54, 1.807) is 31.0 Å². The van der Waals surface area contributed by atoms with Crippen molar-refractivity contribution < 1.29 is 18.0 Å². The number of amides is 2. The zero-order valence-electron chi connectivity index (χ0n) is 16.6. The molecule has 2 rings (SSSR count). The van der Waals surface area contributed by atoms with Crippen molar-refractivity contribution >= 4 is 35.4 Å². The van der Waals surface area contributed by atoms with Crippen LogP contribution in [-0.2, 0) is 6.54 Å². The fourth-order valence-corrected chi connectivity index (χ4v) is 3.80.